The van der Waals surface area contributed by atoms with E-state index in [0.29, 0.717) is 38.2 Å². The second-order valence-electron chi connectivity index (χ2n) is 8.75. The van der Waals surface area contributed by atoms with Crippen LogP contribution >= 0.6 is 24.0 Å². The fourth-order valence-corrected chi connectivity index (χ4v) is 6.69. The zero-order valence-corrected chi connectivity index (χ0v) is 20.2. The summed E-state index contributed by atoms with van der Waals surface area (Å²) in [6.07, 6.45) is 7.52. The Morgan fingerprint density at radius 3 is 2.50 bits per heavy atom. The maximum Gasteiger partial charge on any atom is 0.266 e. The fourth-order valence-electron chi connectivity index (χ4n) is 5.35. The molecule has 5 rings (SSSR count). The molecule has 2 aliphatic carbocycles. The minimum atomic E-state index is 0.0283. The molecule has 7 heteroatoms. The van der Waals surface area contributed by atoms with Gasteiger partial charge in [0, 0.05) is 23.7 Å². The Morgan fingerprint density at radius 1 is 1.16 bits per heavy atom. The molecule has 0 spiro atoms. The average Bonchev–Trinajstić information content (AvgIpc) is 3.58. The van der Waals surface area contributed by atoms with E-state index >= 15 is 0 Å². The first-order valence-electron chi connectivity index (χ1n) is 11.1. The van der Waals surface area contributed by atoms with Gasteiger partial charge in [-0.2, -0.15) is 0 Å². The molecule has 168 valence electrons. The number of fused-ring (bicyclic) bond motifs is 2. The lowest BCUT2D eigenvalue weighted by atomic mass is 9.94. The van der Waals surface area contributed by atoms with Crippen molar-refractivity contribution in [2.75, 3.05) is 14.2 Å². The standard InChI is InChI=1S/C25H27NO4S2/c1-4-15-11-21(17-9-18(28-2)12-19(10-17)29-3)30-22(15)13-23-24(27)26(25(31)32-23)20-8-14-5-6-16(20)7-14/h9-14,16,20H,4-8H2,1-3H3/b23-13-. The average molecular weight is 470 g/mol. The molecule has 1 aliphatic heterocycles. The molecule has 2 saturated carbocycles. The molecule has 3 unspecified atom stereocenters. The number of nitrogens with zero attached hydrogens (tertiary/aromatic N) is 1. The van der Waals surface area contributed by atoms with E-state index in [4.69, 9.17) is 26.1 Å². The highest BCUT2D eigenvalue weighted by Gasteiger charge is 2.48. The van der Waals surface area contributed by atoms with Crippen molar-refractivity contribution in [3.05, 3.63) is 40.5 Å². The Labute approximate surface area is 198 Å². The molecule has 0 N–H and O–H groups in total. The third-order valence-corrected chi connectivity index (χ3v) is 8.31. The van der Waals surface area contributed by atoms with E-state index in [1.807, 2.05) is 35.2 Å². The monoisotopic (exact) mass is 469 g/mol. The van der Waals surface area contributed by atoms with Gasteiger partial charge in [-0.1, -0.05) is 37.3 Å². The molecule has 32 heavy (non-hydrogen) atoms. The van der Waals surface area contributed by atoms with Crippen LogP contribution < -0.4 is 9.47 Å². The molecule has 5 nitrogen and oxygen atoms in total. The van der Waals surface area contributed by atoms with E-state index in [9.17, 15) is 4.79 Å². The molecular weight excluding hydrogens is 442 g/mol. The molecule has 1 aromatic carbocycles. The Bertz CT molecular complexity index is 1080. The molecule has 3 fully saturated rings. The highest BCUT2D eigenvalue weighted by atomic mass is 32.2. The Morgan fingerprint density at radius 2 is 1.91 bits per heavy atom. The number of thiocarbonyl (C=S) groups is 1. The number of benzene rings is 1. The third kappa shape index (κ3) is 3.75. The normalized spacial score (nSPS) is 25.9. The zero-order valence-electron chi connectivity index (χ0n) is 18.6. The molecule has 2 heterocycles. The van der Waals surface area contributed by atoms with Crippen LogP contribution in [0.5, 0.6) is 11.5 Å². The second-order valence-corrected chi connectivity index (χ2v) is 10.4. The molecule has 3 atom stereocenters. The minimum Gasteiger partial charge on any atom is -0.497 e. The summed E-state index contributed by atoms with van der Waals surface area (Å²) in [5.74, 6) is 4.21. The van der Waals surface area contributed by atoms with Gasteiger partial charge in [-0.15, -0.1) is 0 Å². The fraction of sp³-hybridized carbons (Fsp3) is 0.440. The number of hydrogen-bond acceptors (Lipinski definition) is 6. The van der Waals surface area contributed by atoms with Crippen molar-refractivity contribution >= 4 is 40.3 Å². The van der Waals surface area contributed by atoms with E-state index in [1.54, 1.807) is 14.2 Å². The van der Waals surface area contributed by atoms with Gasteiger partial charge in [-0.05, 0) is 61.3 Å². The summed E-state index contributed by atoms with van der Waals surface area (Å²) in [4.78, 5) is 15.8. The number of carbonyl (C=O) groups excluding carboxylic acids is 1. The van der Waals surface area contributed by atoms with Gasteiger partial charge in [0.2, 0.25) is 0 Å². The molecule has 2 bridgehead atoms. The lowest BCUT2D eigenvalue weighted by Crippen LogP contribution is -2.41. The van der Waals surface area contributed by atoms with E-state index in [1.165, 1.54) is 31.0 Å². The van der Waals surface area contributed by atoms with Crippen LogP contribution in [0.2, 0.25) is 0 Å². The number of hydrogen-bond donors (Lipinski definition) is 0. The summed E-state index contributed by atoms with van der Waals surface area (Å²) >= 11 is 7.03. The van der Waals surface area contributed by atoms with Crippen LogP contribution in [-0.4, -0.2) is 35.4 Å². The minimum absolute atomic E-state index is 0.0283. The maximum absolute atomic E-state index is 13.3. The van der Waals surface area contributed by atoms with Crippen LogP contribution in [0.1, 0.15) is 43.9 Å². The van der Waals surface area contributed by atoms with Gasteiger partial charge < -0.3 is 13.9 Å². The van der Waals surface area contributed by atoms with Gasteiger partial charge in [-0.3, -0.25) is 9.69 Å². The quantitative estimate of drug-likeness (QED) is 0.387. The number of methoxy groups -OCH3 is 2. The predicted octanol–water partition coefficient (Wildman–Crippen LogP) is 5.92. The Kier molecular flexibility index (Phi) is 5.80. The maximum atomic E-state index is 13.3. The van der Waals surface area contributed by atoms with Crippen LogP contribution in [-0.2, 0) is 11.2 Å². The van der Waals surface area contributed by atoms with Crippen LogP contribution in [0.25, 0.3) is 17.4 Å². The molecular formula is C25H27NO4S2. The molecule has 2 aromatic rings. The molecule has 3 aliphatic rings. The summed E-state index contributed by atoms with van der Waals surface area (Å²) in [7, 11) is 3.25. The largest absolute Gasteiger partial charge is 0.497 e. The van der Waals surface area contributed by atoms with E-state index < -0.39 is 0 Å². The van der Waals surface area contributed by atoms with Gasteiger partial charge >= 0.3 is 0 Å². The van der Waals surface area contributed by atoms with Gasteiger partial charge in [0.05, 0.1) is 19.1 Å². The van der Waals surface area contributed by atoms with Crippen LogP contribution in [0, 0.1) is 11.8 Å². The van der Waals surface area contributed by atoms with E-state index in [0.717, 1.165) is 29.9 Å². The first-order chi connectivity index (χ1) is 15.5. The number of rotatable bonds is 6. The molecule has 0 radical (unpaired) electrons. The van der Waals surface area contributed by atoms with Crippen molar-refractivity contribution in [2.45, 2.75) is 45.1 Å². The van der Waals surface area contributed by atoms with Crippen LogP contribution in [0.4, 0.5) is 0 Å². The van der Waals surface area contributed by atoms with Crippen molar-refractivity contribution in [1.29, 1.82) is 0 Å². The summed E-state index contributed by atoms with van der Waals surface area (Å²) in [5, 5.41) is 0. The first kappa shape index (κ1) is 21.6. The summed E-state index contributed by atoms with van der Waals surface area (Å²) in [6.45, 7) is 2.08. The lowest BCUT2D eigenvalue weighted by Gasteiger charge is -2.30. The van der Waals surface area contributed by atoms with Gasteiger partial charge in [0.15, 0.2) is 0 Å². The number of amides is 1. The van der Waals surface area contributed by atoms with Crippen LogP contribution in [0.15, 0.2) is 33.6 Å². The van der Waals surface area contributed by atoms with Crippen molar-refractivity contribution in [3.8, 4) is 22.8 Å². The zero-order chi connectivity index (χ0) is 22.4. The Balaban J connectivity index is 1.45. The number of aryl methyl sites for hydroxylation is 1. The summed E-state index contributed by atoms with van der Waals surface area (Å²) < 4.78 is 17.7. The molecule has 1 amide bonds. The van der Waals surface area contributed by atoms with Crippen molar-refractivity contribution in [3.63, 3.8) is 0 Å². The molecule has 1 saturated heterocycles. The van der Waals surface area contributed by atoms with Crippen molar-refractivity contribution in [2.24, 2.45) is 11.8 Å². The van der Waals surface area contributed by atoms with Crippen LogP contribution in [0.3, 0.4) is 0 Å². The Hall–Kier alpha value is -2.25. The first-order valence-corrected chi connectivity index (χ1v) is 12.4. The van der Waals surface area contributed by atoms with Gasteiger partial charge in [0.25, 0.3) is 5.91 Å². The van der Waals surface area contributed by atoms with Crippen molar-refractivity contribution < 1.29 is 18.7 Å². The SMILES string of the molecule is CCc1cc(-c2cc(OC)cc(OC)c2)oc1/C=C1\SC(=S)N(C2CC3CCC2C3)C1=O. The summed E-state index contributed by atoms with van der Waals surface area (Å²) in [6, 6.07) is 7.96. The smallest absolute Gasteiger partial charge is 0.266 e. The second kappa shape index (κ2) is 8.60. The number of furan rings is 1. The third-order valence-electron chi connectivity index (χ3n) is 6.98. The van der Waals surface area contributed by atoms with Gasteiger partial charge in [0.1, 0.15) is 27.3 Å². The van der Waals surface area contributed by atoms with Gasteiger partial charge in [-0.25, -0.2) is 0 Å². The highest BCUT2D eigenvalue weighted by Crippen LogP contribution is 2.49. The van der Waals surface area contributed by atoms with E-state index in [-0.39, 0.29) is 11.9 Å². The number of thioether (sulfide) groups is 1. The van der Waals surface area contributed by atoms with E-state index in [2.05, 4.69) is 6.92 Å². The molecule has 1 aromatic heterocycles. The summed E-state index contributed by atoms with van der Waals surface area (Å²) in [5.41, 5.74) is 1.91. The highest BCUT2D eigenvalue weighted by molar-refractivity contribution is 8.26. The lowest BCUT2D eigenvalue weighted by molar-refractivity contribution is -0.124. The van der Waals surface area contributed by atoms with Crippen molar-refractivity contribution in [1.82, 2.24) is 4.90 Å². The number of ether oxygens (including phenoxy) is 2. The number of carbonyl (C=O) groups is 1. The predicted molar refractivity (Wildman–Crippen MR) is 131 cm³/mol. The topological polar surface area (TPSA) is 51.9 Å².